The van der Waals surface area contributed by atoms with E-state index in [1.54, 1.807) is 6.07 Å². The Balaban J connectivity index is 3.03. The normalized spacial score (nSPS) is 10.7. The number of anilines is 1. The molecule has 0 radical (unpaired) electrons. The molecule has 0 aliphatic heterocycles. The van der Waals surface area contributed by atoms with Gasteiger partial charge >= 0.3 is 0 Å². The first-order chi connectivity index (χ1) is 6.50. The van der Waals surface area contributed by atoms with Gasteiger partial charge in [0.05, 0.1) is 6.54 Å². The maximum atomic E-state index is 12.9. The summed E-state index contributed by atoms with van der Waals surface area (Å²) in [7, 11) is 5.30. The average molecular weight is 198 g/mol. The van der Waals surface area contributed by atoms with Crippen LogP contribution in [-0.4, -0.2) is 31.4 Å². The molecule has 0 saturated carbocycles. The molecule has 4 heteroatoms. The fraction of sp³-hybridized carbons (Fsp3) is 0.400. The smallest absolute Gasteiger partial charge is 0.123 e. The maximum absolute atomic E-state index is 12.9. The predicted octanol–water partition coefficient (Wildman–Crippen LogP) is 1.71. The molecule has 1 aromatic carbocycles. The van der Waals surface area contributed by atoms with E-state index in [1.165, 1.54) is 19.2 Å². The van der Waals surface area contributed by atoms with Gasteiger partial charge in [0, 0.05) is 26.8 Å². The third-order valence-corrected chi connectivity index (χ3v) is 1.92. The average Bonchev–Trinajstić information content (AvgIpc) is 2.01. The Labute approximate surface area is 83.3 Å². The first-order valence-corrected chi connectivity index (χ1v) is 4.36. The molecule has 0 spiro atoms. The van der Waals surface area contributed by atoms with Crippen molar-refractivity contribution in [3.63, 3.8) is 0 Å². The summed E-state index contributed by atoms with van der Waals surface area (Å²) in [5, 5.41) is 10.1. The number of benzene rings is 1. The number of hydroxylamine groups is 2. The van der Waals surface area contributed by atoms with Gasteiger partial charge in [0.15, 0.2) is 0 Å². The molecule has 3 nitrogen and oxygen atoms in total. The van der Waals surface area contributed by atoms with Crippen LogP contribution >= 0.6 is 0 Å². The first kappa shape index (κ1) is 10.9. The fourth-order valence-corrected chi connectivity index (χ4v) is 1.36. The second-order valence-electron chi connectivity index (χ2n) is 3.48. The molecule has 0 fully saturated rings. The van der Waals surface area contributed by atoms with Gasteiger partial charge < -0.3 is 10.1 Å². The molecule has 1 rings (SSSR count). The number of hydrogen-bond donors (Lipinski definition) is 1. The van der Waals surface area contributed by atoms with Crippen LogP contribution in [0.1, 0.15) is 5.56 Å². The number of rotatable bonds is 3. The second kappa shape index (κ2) is 4.39. The zero-order chi connectivity index (χ0) is 10.7. The van der Waals surface area contributed by atoms with Crippen LogP contribution in [0, 0.1) is 5.82 Å². The van der Waals surface area contributed by atoms with E-state index in [2.05, 4.69) is 0 Å². The van der Waals surface area contributed by atoms with Crippen molar-refractivity contribution in [2.24, 2.45) is 0 Å². The molecule has 78 valence electrons. The highest BCUT2D eigenvalue weighted by Gasteiger charge is 2.07. The van der Waals surface area contributed by atoms with Gasteiger partial charge in [-0.2, -0.15) is 5.06 Å². The highest BCUT2D eigenvalue weighted by atomic mass is 19.1. The SMILES string of the molecule is CN(O)Cc1cc(F)ccc1N(C)C. The van der Waals surface area contributed by atoms with E-state index in [4.69, 9.17) is 5.21 Å². The van der Waals surface area contributed by atoms with Crippen molar-refractivity contribution in [2.75, 3.05) is 26.0 Å². The molecule has 0 unspecified atom stereocenters. The minimum Gasteiger partial charge on any atom is -0.377 e. The van der Waals surface area contributed by atoms with Crippen LogP contribution in [0.3, 0.4) is 0 Å². The van der Waals surface area contributed by atoms with Gasteiger partial charge in [-0.15, -0.1) is 0 Å². The van der Waals surface area contributed by atoms with Crippen molar-refractivity contribution < 1.29 is 9.60 Å². The summed E-state index contributed by atoms with van der Waals surface area (Å²) in [6.07, 6.45) is 0. The molecule has 1 N–H and O–H groups in total. The van der Waals surface area contributed by atoms with E-state index >= 15 is 0 Å². The van der Waals surface area contributed by atoms with Gasteiger partial charge in [-0.05, 0) is 23.8 Å². The minimum absolute atomic E-state index is 0.285. The van der Waals surface area contributed by atoms with Crippen LogP contribution in [0.25, 0.3) is 0 Å². The molecule has 14 heavy (non-hydrogen) atoms. The summed E-state index contributed by atoms with van der Waals surface area (Å²) in [6.45, 7) is 0.311. The summed E-state index contributed by atoms with van der Waals surface area (Å²) >= 11 is 0. The van der Waals surface area contributed by atoms with Gasteiger partial charge in [0.25, 0.3) is 0 Å². The Morgan fingerprint density at radius 2 is 1.93 bits per heavy atom. The van der Waals surface area contributed by atoms with E-state index in [-0.39, 0.29) is 5.82 Å². The standard InChI is InChI=1S/C10H15FN2O/c1-12(2)10-5-4-9(11)6-8(10)7-13(3)14/h4-6,14H,7H2,1-3H3. The fourth-order valence-electron chi connectivity index (χ4n) is 1.36. The second-order valence-corrected chi connectivity index (χ2v) is 3.48. The Bertz CT molecular complexity index is 313. The molecule has 0 bridgehead atoms. The maximum Gasteiger partial charge on any atom is 0.123 e. The van der Waals surface area contributed by atoms with Crippen LogP contribution in [-0.2, 0) is 6.54 Å². The number of nitrogens with zero attached hydrogens (tertiary/aromatic N) is 2. The van der Waals surface area contributed by atoms with E-state index in [0.29, 0.717) is 6.54 Å². The van der Waals surface area contributed by atoms with Crippen molar-refractivity contribution in [3.8, 4) is 0 Å². The third kappa shape index (κ3) is 2.68. The lowest BCUT2D eigenvalue weighted by atomic mass is 10.1. The van der Waals surface area contributed by atoms with Crippen LogP contribution in [0.2, 0.25) is 0 Å². The third-order valence-electron chi connectivity index (χ3n) is 1.92. The molecule has 0 atom stereocenters. The predicted molar refractivity (Wildman–Crippen MR) is 54.0 cm³/mol. The van der Waals surface area contributed by atoms with Crippen LogP contribution < -0.4 is 4.90 Å². The zero-order valence-corrected chi connectivity index (χ0v) is 8.66. The van der Waals surface area contributed by atoms with Crippen molar-refractivity contribution in [1.82, 2.24) is 5.06 Å². The van der Waals surface area contributed by atoms with Gasteiger partial charge in [-0.1, -0.05) is 0 Å². The quantitative estimate of drug-likeness (QED) is 0.749. The first-order valence-electron chi connectivity index (χ1n) is 4.36. The molecule has 0 aliphatic rings. The molecular weight excluding hydrogens is 183 g/mol. The lowest BCUT2D eigenvalue weighted by Crippen LogP contribution is -2.17. The van der Waals surface area contributed by atoms with Crippen molar-refractivity contribution >= 4 is 5.69 Å². The van der Waals surface area contributed by atoms with Gasteiger partial charge in [0.2, 0.25) is 0 Å². The van der Waals surface area contributed by atoms with Crippen LogP contribution in [0.4, 0.5) is 10.1 Å². The molecule has 0 aromatic heterocycles. The van der Waals surface area contributed by atoms with Crippen LogP contribution in [0.15, 0.2) is 18.2 Å². The Hall–Kier alpha value is -1.13. The highest BCUT2D eigenvalue weighted by molar-refractivity contribution is 5.52. The van der Waals surface area contributed by atoms with E-state index in [9.17, 15) is 4.39 Å². The monoisotopic (exact) mass is 198 g/mol. The lowest BCUT2D eigenvalue weighted by molar-refractivity contribution is -0.0730. The summed E-state index contributed by atoms with van der Waals surface area (Å²) in [6, 6.07) is 4.55. The minimum atomic E-state index is -0.285. The van der Waals surface area contributed by atoms with Crippen molar-refractivity contribution in [1.29, 1.82) is 0 Å². The molecule has 0 saturated heterocycles. The Morgan fingerprint density at radius 1 is 1.29 bits per heavy atom. The summed E-state index contributed by atoms with van der Waals surface area (Å²) < 4.78 is 12.9. The van der Waals surface area contributed by atoms with Gasteiger partial charge in [-0.3, -0.25) is 0 Å². The molecular formula is C10H15FN2O. The molecule has 0 aliphatic carbocycles. The zero-order valence-electron chi connectivity index (χ0n) is 8.66. The van der Waals surface area contributed by atoms with E-state index < -0.39 is 0 Å². The van der Waals surface area contributed by atoms with Gasteiger partial charge in [0.1, 0.15) is 5.82 Å². The number of hydrogen-bond acceptors (Lipinski definition) is 3. The summed E-state index contributed by atoms with van der Waals surface area (Å²) in [4.78, 5) is 1.89. The number of halogens is 1. The lowest BCUT2D eigenvalue weighted by Gasteiger charge is -2.19. The molecule has 1 aromatic rings. The summed E-state index contributed by atoms with van der Waals surface area (Å²) in [5.41, 5.74) is 1.67. The summed E-state index contributed by atoms with van der Waals surface area (Å²) in [5.74, 6) is -0.285. The largest absolute Gasteiger partial charge is 0.377 e. The molecule has 0 heterocycles. The highest BCUT2D eigenvalue weighted by Crippen LogP contribution is 2.20. The van der Waals surface area contributed by atoms with Crippen molar-refractivity contribution in [2.45, 2.75) is 6.54 Å². The van der Waals surface area contributed by atoms with Gasteiger partial charge in [-0.25, -0.2) is 4.39 Å². The molecule has 0 amide bonds. The topological polar surface area (TPSA) is 26.7 Å². The Kier molecular flexibility index (Phi) is 3.43. The van der Waals surface area contributed by atoms with Crippen molar-refractivity contribution in [3.05, 3.63) is 29.6 Å². The Morgan fingerprint density at radius 3 is 2.43 bits per heavy atom. The van der Waals surface area contributed by atoms with E-state index in [0.717, 1.165) is 16.3 Å². The van der Waals surface area contributed by atoms with E-state index in [1.807, 2.05) is 19.0 Å². The van der Waals surface area contributed by atoms with Crippen LogP contribution in [0.5, 0.6) is 0 Å².